The Morgan fingerprint density at radius 3 is 2.73 bits per heavy atom. The van der Waals surface area contributed by atoms with E-state index < -0.39 is 0 Å². The molecule has 0 aliphatic carbocycles. The highest BCUT2D eigenvalue weighted by Crippen LogP contribution is 2.18. The van der Waals surface area contributed by atoms with Crippen molar-refractivity contribution in [2.24, 2.45) is 0 Å². The molecule has 1 N–H and O–H groups in total. The molecule has 5 nitrogen and oxygen atoms in total. The Kier molecular flexibility index (Phi) is 4.29. The second-order valence-electron chi connectivity index (χ2n) is 4.61. The maximum atomic E-state index is 11.9. The van der Waals surface area contributed by atoms with Gasteiger partial charge in [-0.2, -0.15) is 0 Å². The van der Waals surface area contributed by atoms with E-state index in [0.29, 0.717) is 11.2 Å². The number of carbonyl (C=O) groups is 1. The van der Waals surface area contributed by atoms with Crippen molar-refractivity contribution < 1.29 is 9.21 Å². The Bertz CT molecular complexity index is 787. The fraction of sp³-hybridized carbons (Fsp3) is 0.0625. The van der Waals surface area contributed by atoms with Gasteiger partial charge in [-0.1, -0.05) is 6.07 Å². The molecule has 110 valence electrons. The molecule has 0 radical (unpaired) electrons. The van der Waals surface area contributed by atoms with E-state index in [1.807, 2.05) is 18.2 Å². The number of hydrogen-bond donors (Lipinski definition) is 1. The summed E-state index contributed by atoms with van der Waals surface area (Å²) in [5, 5.41) is 2.80. The fourth-order valence-corrected chi connectivity index (χ4v) is 2.29. The van der Waals surface area contributed by atoms with Crippen LogP contribution in [-0.4, -0.2) is 15.9 Å². The van der Waals surface area contributed by atoms with Crippen LogP contribution in [0.25, 0.3) is 11.1 Å². The summed E-state index contributed by atoms with van der Waals surface area (Å²) < 4.78 is 5.73. The third-order valence-corrected chi connectivity index (χ3v) is 3.47. The topological polar surface area (TPSA) is 68.0 Å². The summed E-state index contributed by atoms with van der Waals surface area (Å²) in [6.07, 6.45) is 6.99. The van der Waals surface area contributed by atoms with Crippen LogP contribution in [-0.2, 0) is 6.54 Å². The van der Waals surface area contributed by atoms with Gasteiger partial charge in [0.15, 0.2) is 10.4 Å². The van der Waals surface area contributed by atoms with Gasteiger partial charge in [0.2, 0.25) is 0 Å². The van der Waals surface area contributed by atoms with E-state index in [1.54, 1.807) is 36.9 Å². The van der Waals surface area contributed by atoms with Gasteiger partial charge < -0.3 is 9.73 Å². The molecule has 0 unspecified atom stereocenters. The van der Waals surface area contributed by atoms with Crippen molar-refractivity contribution in [2.75, 3.05) is 0 Å². The summed E-state index contributed by atoms with van der Waals surface area (Å²) >= 11 is 3.17. The highest BCUT2D eigenvalue weighted by atomic mass is 79.9. The smallest absolute Gasteiger partial charge is 0.287 e. The summed E-state index contributed by atoms with van der Waals surface area (Å²) in [7, 11) is 0. The lowest BCUT2D eigenvalue weighted by Gasteiger charge is -2.06. The highest BCUT2D eigenvalue weighted by molar-refractivity contribution is 9.10. The number of pyridine rings is 2. The molecule has 0 aliphatic rings. The van der Waals surface area contributed by atoms with E-state index in [1.165, 1.54) is 0 Å². The highest BCUT2D eigenvalue weighted by Gasteiger charge is 2.10. The van der Waals surface area contributed by atoms with Gasteiger partial charge in [0, 0.05) is 42.5 Å². The zero-order chi connectivity index (χ0) is 15.4. The molecule has 1 amide bonds. The van der Waals surface area contributed by atoms with Crippen molar-refractivity contribution in [3.05, 3.63) is 71.1 Å². The third kappa shape index (κ3) is 3.40. The quantitative estimate of drug-likeness (QED) is 0.776. The normalized spacial score (nSPS) is 10.4. The number of carbonyl (C=O) groups excluding carboxylic acids is 1. The van der Waals surface area contributed by atoms with E-state index in [-0.39, 0.29) is 11.7 Å². The molecule has 0 bridgehead atoms. The first kappa shape index (κ1) is 14.5. The summed E-state index contributed by atoms with van der Waals surface area (Å²) in [5.41, 5.74) is 2.85. The molecule has 0 saturated heterocycles. The number of amides is 1. The molecule has 0 fully saturated rings. The van der Waals surface area contributed by atoms with Gasteiger partial charge in [-0.15, -0.1) is 0 Å². The molecule has 0 aromatic carbocycles. The van der Waals surface area contributed by atoms with Crippen molar-refractivity contribution in [3.8, 4) is 11.1 Å². The average Bonchev–Trinajstić information content (AvgIpc) is 3.00. The van der Waals surface area contributed by atoms with Crippen LogP contribution in [0.15, 0.2) is 64.2 Å². The second-order valence-corrected chi connectivity index (χ2v) is 5.39. The number of furan rings is 1. The molecular weight excluding hydrogens is 346 g/mol. The van der Waals surface area contributed by atoms with Crippen LogP contribution in [0.2, 0.25) is 0 Å². The monoisotopic (exact) mass is 357 g/mol. The number of rotatable bonds is 4. The number of halogens is 1. The van der Waals surface area contributed by atoms with Gasteiger partial charge >= 0.3 is 0 Å². The lowest BCUT2D eigenvalue weighted by atomic mass is 10.1. The van der Waals surface area contributed by atoms with E-state index in [0.717, 1.165) is 16.7 Å². The average molecular weight is 358 g/mol. The molecule has 0 saturated carbocycles. The lowest BCUT2D eigenvalue weighted by Crippen LogP contribution is -2.22. The summed E-state index contributed by atoms with van der Waals surface area (Å²) in [6, 6.07) is 9.11. The molecule has 3 aromatic heterocycles. The van der Waals surface area contributed by atoms with Crippen LogP contribution < -0.4 is 5.32 Å². The molecule has 3 heterocycles. The SMILES string of the molecule is O=C(NCc1cncc(-c2cccnc2)c1)c1ccc(Br)o1. The molecule has 22 heavy (non-hydrogen) atoms. The predicted octanol–water partition coefficient (Wildman–Crippen LogP) is 3.43. The number of nitrogens with one attached hydrogen (secondary N) is 1. The summed E-state index contributed by atoms with van der Waals surface area (Å²) in [5.74, 6) is 0.000675. The van der Waals surface area contributed by atoms with Crippen LogP contribution in [0.5, 0.6) is 0 Å². The largest absolute Gasteiger partial charge is 0.444 e. The lowest BCUT2D eigenvalue weighted by molar-refractivity contribution is 0.0922. The number of nitrogens with zero attached hydrogens (tertiary/aromatic N) is 2. The minimum atomic E-state index is -0.266. The first-order chi connectivity index (χ1) is 10.7. The third-order valence-electron chi connectivity index (χ3n) is 3.04. The van der Waals surface area contributed by atoms with Crippen LogP contribution >= 0.6 is 15.9 Å². The Hall–Kier alpha value is -2.47. The molecule has 3 rings (SSSR count). The predicted molar refractivity (Wildman–Crippen MR) is 85.0 cm³/mol. The van der Waals surface area contributed by atoms with Gasteiger partial charge in [0.25, 0.3) is 5.91 Å². The summed E-state index contributed by atoms with van der Waals surface area (Å²) in [6.45, 7) is 0.373. The van der Waals surface area contributed by atoms with Gasteiger partial charge in [-0.3, -0.25) is 14.8 Å². The van der Waals surface area contributed by atoms with Crippen LogP contribution in [0.3, 0.4) is 0 Å². The zero-order valence-corrected chi connectivity index (χ0v) is 13.1. The summed E-state index contributed by atoms with van der Waals surface area (Å²) in [4.78, 5) is 20.2. The van der Waals surface area contributed by atoms with Gasteiger partial charge in [0.05, 0.1) is 0 Å². The van der Waals surface area contributed by atoms with E-state index in [4.69, 9.17) is 4.42 Å². The number of aromatic nitrogens is 2. The molecule has 0 spiro atoms. The van der Waals surface area contributed by atoms with Crippen molar-refractivity contribution in [2.45, 2.75) is 6.54 Å². The molecular formula is C16H12BrN3O2. The zero-order valence-electron chi connectivity index (χ0n) is 11.5. The molecule has 0 aliphatic heterocycles. The first-order valence-corrected chi connectivity index (χ1v) is 7.39. The first-order valence-electron chi connectivity index (χ1n) is 6.60. The van der Waals surface area contributed by atoms with E-state index >= 15 is 0 Å². The van der Waals surface area contributed by atoms with Gasteiger partial charge in [-0.25, -0.2) is 0 Å². The maximum absolute atomic E-state index is 11.9. The minimum Gasteiger partial charge on any atom is -0.444 e. The molecule has 6 heteroatoms. The van der Waals surface area contributed by atoms with Crippen LogP contribution in [0.1, 0.15) is 16.1 Å². The van der Waals surface area contributed by atoms with Crippen LogP contribution in [0, 0.1) is 0 Å². The van der Waals surface area contributed by atoms with Gasteiger partial charge in [0.1, 0.15) is 0 Å². The Balaban J connectivity index is 1.70. The van der Waals surface area contributed by atoms with E-state index in [2.05, 4.69) is 31.2 Å². The van der Waals surface area contributed by atoms with Crippen molar-refractivity contribution >= 4 is 21.8 Å². The second kappa shape index (κ2) is 6.53. The van der Waals surface area contributed by atoms with E-state index in [9.17, 15) is 4.79 Å². The Morgan fingerprint density at radius 1 is 1.14 bits per heavy atom. The number of hydrogen-bond acceptors (Lipinski definition) is 4. The van der Waals surface area contributed by atoms with Crippen LogP contribution in [0.4, 0.5) is 0 Å². The molecule has 0 atom stereocenters. The van der Waals surface area contributed by atoms with Crippen molar-refractivity contribution in [1.29, 1.82) is 0 Å². The van der Waals surface area contributed by atoms with Crippen molar-refractivity contribution in [1.82, 2.24) is 15.3 Å². The Morgan fingerprint density at radius 2 is 2.00 bits per heavy atom. The minimum absolute atomic E-state index is 0.266. The van der Waals surface area contributed by atoms with Gasteiger partial charge in [-0.05, 0) is 45.8 Å². The standard InChI is InChI=1S/C16H12BrN3O2/c17-15-4-3-14(22-15)16(21)20-8-11-6-13(10-19-7-11)12-2-1-5-18-9-12/h1-7,9-10H,8H2,(H,20,21). The van der Waals surface area contributed by atoms with Crippen molar-refractivity contribution in [3.63, 3.8) is 0 Å². The maximum Gasteiger partial charge on any atom is 0.287 e. The Labute approximate surface area is 135 Å². The fourth-order valence-electron chi connectivity index (χ4n) is 1.98. The molecule has 3 aromatic rings.